The van der Waals surface area contributed by atoms with E-state index in [0.717, 1.165) is 42.1 Å². The van der Waals surface area contributed by atoms with Gasteiger partial charge in [0.15, 0.2) is 0 Å². The number of carbonyl (C=O) groups excluding carboxylic acids is 2. The number of aliphatic hydroxyl groups excluding tert-OH is 1. The van der Waals surface area contributed by atoms with E-state index in [1.807, 2.05) is 42.5 Å². The molecule has 184 valence electrons. The number of carbonyl (C=O) groups is 2. The summed E-state index contributed by atoms with van der Waals surface area (Å²) in [7, 11) is 0. The minimum atomic E-state index is -0.734. The largest absolute Gasteiger partial charge is 0.507 e. The second-order valence-electron chi connectivity index (χ2n) is 8.93. The number of fused-ring (bicyclic) bond motifs is 1. The van der Waals surface area contributed by atoms with Gasteiger partial charge in [-0.25, -0.2) is 0 Å². The van der Waals surface area contributed by atoms with E-state index < -0.39 is 17.7 Å². The van der Waals surface area contributed by atoms with Crippen LogP contribution in [0.15, 0.2) is 72.4 Å². The van der Waals surface area contributed by atoms with Crippen molar-refractivity contribution in [3.05, 3.63) is 94.8 Å². The number of rotatable bonds is 7. The van der Waals surface area contributed by atoms with Crippen molar-refractivity contribution in [3.8, 4) is 5.75 Å². The Morgan fingerprint density at radius 3 is 2.56 bits per heavy atom. The Balaban J connectivity index is 1.61. The molecule has 5 rings (SSSR count). The molecule has 36 heavy (non-hydrogen) atoms. The summed E-state index contributed by atoms with van der Waals surface area (Å²) in [5.41, 5.74) is 4.04. The van der Waals surface area contributed by atoms with Gasteiger partial charge in [-0.2, -0.15) is 0 Å². The predicted molar refractivity (Wildman–Crippen MR) is 138 cm³/mol. The number of pyridine rings is 1. The van der Waals surface area contributed by atoms with Gasteiger partial charge < -0.3 is 19.6 Å². The zero-order valence-corrected chi connectivity index (χ0v) is 20.5. The molecule has 0 bridgehead atoms. The fraction of sp³-hybridized carbons (Fsp3) is 0.276. The first kappa shape index (κ1) is 23.6. The summed E-state index contributed by atoms with van der Waals surface area (Å²) in [6.07, 6.45) is 2.40. The lowest BCUT2D eigenvalue weighted by Crippen LogP contribution is -2.29. The van der Waals surface area contributed by atoms with E-state index in [9.17, 15) is 14.7 Å². The summed E-state index contributed by atoms with van der Waals surface area (Å²) in [5, 5.41) is 11.4. The highest BCUT2D eigenvalue weighted by Gasteiger charge is 2.46. The summed E-state index contributed by atoms with van der Waals surface area (Å²) in [5.74, 6) is -0.738. The van der Waals surface area contributed by atoms with Crippen molar-refractivity contribution in [3.63, 3.8) is 0 Å². The van der Waals surface area contributed by atoms with Crippen molar-refractivity contribution < 1.29 is 19.4 Å². The number of aliphatic hydroxyl groups is 1. The lowest BCUT2D eigenvalue weighted by Gasteiger charge is -2.26. The first-order valence-corrected chi connectivity index (χ1v) is 12.3. The number of aromatic nitrogens is 1. The Hall–Kier alpha value is -4.13. The summed E-state index contributed by atoms with van der Waals surface area (Å²) >= 11 is 0. The quantitative estimate of drug-likeness (QED) is 0.303. The van der Waals surface area contributed by atoms with Crippen LogP contribution >= 0.6 is 0 Å². The van der Waals surface area contributed by atoms with Crippen LogP contribution in [-0.4, -0.2) is 46.4 Å². The highest BCUT2D eigenvalue weighted by atomic mass is 16.5. The zero-order valence-electron chi connectivity index (χ0n) is 20.5. The monoisotopic (exact) mass is 483 g/mol. The molecule has 1 aromatic heterocycles. The van der Waals surface area contributed by atoms with E-state index in [-0.39, 0.29) is 17.9 Å². The Bertz CT molecular complexity index is 1310. The third kappa shape index (κ3) is 4.21. The highest BCUT2D eigenvalue weighted by Crippen LogP contribution is 2.41. The molecule has 7 nitrogen and oxygen atoms in total. The third-order valence-electron chi connectivity index (χ3n) is 6.90. The highest BCUT2D eigenvalue weighted by molar-refractivity contribution is 6.46. The molecule has 3 aromatic rings. The maximum Gasteiger partial charge on any atom is 0.296 e. The van der Waals surface area contributed by atoms with Crippen molar-refractivity contribution in [2.75, 3.05) is 24.6 Å². The molecular formula is C29H29N3O4. The summed E-state index contributed by atoms with van der Waals surface area (Å²) < 4.78 is 5.58. The molecule has 7 heteroatoms. The molecule has 2 aliphatic heterocycles. The van der Waals surface area contributed by atoms with Crippen LogP contribution in [0.5, 0.6) is 5.75 Å². The minimum absolute atomic E-state index is 0.0883. The molecular weight excluding hydrogens is 454 g/mol. The second-order valence-corrected chi connectivity index (χ2v) is 8.93. The lowest BCUT2D eigenvalue weighted by molar-refractivity contribution is -0.140. The van der Waals surface area contributed by atoms with Crippen LogP contribution in [-0.2, 0) is 22.6 Å². The second kappa shape index (κ2) is 9.85. The fourth-order valence-corrected chi connectivity index (χ4v) is 5.00. The number of nitrogens with zero attached hydrogens (tertiary/aromatic N) is 3. The van der Waals surface area contributed by atoms with Crippen LogP contribution in [0.3, 0.4) is 0 Å². The van der Waals surface area contributed by atoms with Gasteiger partial charge >= 0.3 is 0 Å². The molecule has 0 aliphatic carbocycles. The zero-order chi connectivity index (χ0) is 25.2. The van der Waals surface area contributed by atoms with Gasteiger partial charge in [0.25, 0.3) is 11.7 Å². The van der Waals surface area contributed by atoms with Crippen LogP contribution in [0.4, 0.5) is 5.69 Å². The Labute approximate surface area is 210 Å². The number of hydrogen-bond acceptors (Lipinski definition) is 6. The first-order chi connectivity index (χ1) is 17.5. The molecule has 1 fully saturated rings. The normalized spacial score (nSPS) is 18.3. The number of amides is 1. The molecule has 1 saturated heterocycles. The number of ether oxygens (including phenoxy) is 1. The molecule has 0 radical (unpaired) electrons. The maximum atomic E-state index is 13.3. The van der Waals surface area contributed by atoms with Gasteiger partial charge in [0.05, 0.1) is 30.5 Å². The number of anilines is 1. The van der Waals surface area contributed by atoms with E-state index in [1.165, 1.54) is 4.90 Å². The smallest absolute Gasteiger partial charge is 0.296 e. The molecule has 0 saturated carbocycles. The van der Waals surface area contributed by atoms with Gasteiger partial charge in [-0.05, 0) is 67.4 Å². The topological polar surface area (TPSA) is 83.0 Å². The fourth-order valence-electron chi connectivity index (χ4n) is 5.00. The Morgan fingerprint density at radius 2 is 1.86 bits per heavy atom. The predicted octanol–water partition coefficient (Wildman–Crippen LogP) is 4.48. The van der Waals surface area contributed by atoms with Gasteiger partial charge in [0.1, 0.15) is 11.5 Å². The SMILES string of the molecule is CCN(CC)c1ccc(C2/C(=C(/O)c3ccc4c(c3)CCO4)C(=O)C(=O)N2Cc2ccccn2)cc1. The Morgan fingerprint density at radius 1 is 1.08 bits per heavy atom. The van der Waals surface area contributed by atoms with E-state index in [1.54, 1.807) is 24.4 Å². The summed E-state index contributed by atoms with van der Waals surface area (Å²) in [6.45, 7) is 6.68. The van der Waals surface area contributed by atoms with Crippen LogP contribution in [0.25, 0.3) is 5.76 Å². The van der Waals surface area contributed by atoms with E-state index in [2.05, 4.69) is 23.7 Å². The van der Waals surface area contributed by atoms with E-state index >= 15 is 0 Å². The van der Waals surface area contributed by atoms with Crippen molar-refractivity contribution in [2.45, 2.75) is 32.9 Å². The average molecular weight is 484 g/mol. The maximum absolute atomic E-state index is 13.3. The van der Waals surface area contributed by atoms with Crippen molar-refractivity contribution >= 4 is 23.1 Å². The lowest BCUT2D eigenvalue weighted by atomic mass is 9.94. The molecule has 1 atom stereocenters. The number of benzene rings is 2. The average Bonchev–Trinajstić information content (AvgIpc) is 3.48. The van der Waals surface area contributed by atoms with Gasteiger partial charge in [0, 0.05) is 37.0 Å². The number of Topliss-reactive ketones (excluding diaryl/α,β-unsaturated/α-hetero) is 1. The van der Waals surface area contributed by atoms with Crippen LogP contribution < -0.4 is 9.64 Å². The standard InChI is InChI=1S/C29H29N3O4/c1-3-31(4-2)23-11-8-19(9-12-23)26-25(27(33)21-10-13-24-20(17-21)14-16-36-24)28(34)29(35)32(26)18-22-7-5-6-15-30-22/h5-13,15,17,26,33H,3-4,14,16,18H2,1-2H3/b27-25-. The molecule has 1 amide bonds. The third-order valence-corrected chi connectivity index (χ3v) is 6.90. The van der Waals surface area contributed by atoms with Crippen LogP contribution in [0.1, 0.15) is 42.3 Å². The molecule has 1 unspecified atom stereocenters. The summed E-state index contributed by atoms with van der Waals surface area (Å²) in [4.78, 5) is 34.7. The van der Waals surface area contributed by atoms with Gasteiger partial charge in [0.2, 0.25) is 0 Å². The number of hydrogen-bond donors (Lipinski definition) is 1. The molecule has 1 N–H and O–H groups in total. The van der Waals surface area contributed by atoms with Gasteiger partial charge in [-0.1, -0.05) is 18.2 Å². The minimum Gasteiger partial charge on any atom is -0.507 e. The van der Waals surface area contributed by atoms with Gasteiger partial charge in [-0.3, -0.25) is 14.6 Å². The van der Waals surface area contributed by atoms with E-state index in [0.29, 0.717) is 17.9 Å². The van der Waals surface area contributed by atoms with Crippen LogP contribution in [0, 0.1) is 0 Å². The van der Waals surface area contributed by atoms with Crippen LogP contribution in [0.2, 0.25) is 0 Å². The molecule has 0 spiro atoms. The molecule has 2 aromatic carbocycles. The molecule has 3 heterocycles. The molecule has 2 aliphatic rings. The first-order valence-electron chi connectivity index (χ1n) is 12.3. The number of ketones is 1. The van der Waals surface area contributed by atoms with E-state index in [4.69, 9.17) is 4.74 Å². The number of likely N-dealkylation sites (tertiary alicyclic amines) is 1. The van der Waals surface area contributed by atoms with Crippen molar-refractivity contribution in [2.24, 2.45) is 0 Å². The van der Waals surface area contributed by atoms with Crippen molar-refractivity contribution in [1.82, 2.24) is 9.88 Å². The Kier molecular flexibility index (Phi) is 6.46. The van der Waals surface area contributed by atoms with Gasteiger partial charge in [-0.15, -0.1) is 0 Å². The van der Waals surface area contributed by atoms with Crippen molar-refractivity contribution in [1.29, 1.82) is 0 Å². The summed E-state index contributed by atoms with van der Waals surface area (Å²) in [6, 6.07) is 18.0.